The van der Waals surface area contributed by atoms with E-state index < -0.39 is 0 Å². The predicted octanol–water partition coefficient (Wildman–Crippen LogP) is 3.84. The van der Waals surface area contributed by atoms with E-state index in [-0.39, 0.29) is 5.91 Å². The third kappa shape index (κ3) is 5.87. The Morgan fingerprint density at radius 3 is 2.52 bits per heavy atom. The summed E-state index contributed by atoms with van der Waals surface area (Å²) in [5, 5.41) is 3.48. The second-order valence-corrected chi connectivity index (χ2v) is 8.70. The van der Waals surface area contributed by atoms with Crippen LogP contribution in [-0.4, -0.2) is 47.8 Å². The molecule has 2 fully saturated rings. The van der Waals surface area contributed by atoms with Crippen molar-refractivity contribution in [2.24, 2.45) is 10.9 Å². The van der Waals surface area contributed by atoms with Gasteiger partial charge in [0.2, 0.25) is 5.91 Å². The molecule has 2 aromatic carbocycles. The molecule has 5 heteroatoms. The highest BCUT2D eigenvalue weighted by molar-refractivity contribution is 5.80. The third-order valence-corrected chi connectivity index (χ3v) is 6.27. The van der Waals surface area contributed by atoms with E-state index in [0.717, 1.165) is 51.5 Å². The zero-order valence-electron chi connectivity index (χ0n) is 18.6. The fourth-order valence-electron chi connectivity index (χ4n) is 4.57. The molecular formula is C26H34N4O. The molecule has 0 spiro atoms. The van der Waals surface area contributed by atoms with Gasteiger partial charge >= 0.3 is 0 Å². The average Bonchev–Trinajstić information content (AvgIpc) is 3.42. The number of likely N-dealkylation sites (tertiary alicyclic amines) is 2. The lowest BCUT2D eigenvalue weighted by atomic mass is 9.99. The van der Waals surface area contributed by atoms with Crippen LogP contribution in [0.5, 0.6) is 0 Å². The second kappa shape index (κ2) is 10.5. The van der Waals surface area contributed by atoms with Crippen LogP contribution in [0.1, 0.15) is 42.9 Å². The second-order valence-electron chi connectivity index (χ2n) is 8.70. The van der Waals surface area contributed by atoms with E-state index in [2.05, 4.69) is 71.7 Å². The van der Waals surface area contributed by atoms with Crippen LogP contribution in [0.2, 0.25) is 0 Å². The van der Waals surface area contributed by atoms with Crippen LogP contribution in [0.25, 0.3) is 0 Å². The molecule has 1 amide bonds. The number of rotatable bonds is 7. The van der Waals surface area contributed by atoms with Gasteiger partial charge in [-0.05, 0) is 48.8 Å². The van der Waals surface area contributed by atoms with Crippen LogP contribution in [0.3, 0.4) is 0 Å². The maximum atomic E-state index is 11.8. The molecule has 164 valence electrons. The summed E-state index contributed by atoms with van der Waals surface area (Å²) < 4.78 is 0. The van der Waals surface area contributed by atoms with E-state index in [4.69, 9.17) is 4.99 Å². The molecule has 2 saturated heterocycles. The van der Waals surface area contributed by atoms with E-state index >= 15 is 0 Å². The molecule has 0 aromatic heterocycles. The molecule has 1 unspecified atom stereocenters. The minimum absolute atomic E-state index is 0.278. The Labute approximate surface area is 186 Å². The van der Waals surface area contributed by atoms with Gasteiger partial charge in [0, 0.05) is 39.1 Å². The Balaban J connectivity index is 1.33. The van der Waals surface area contributed by atoms with Crippen LogP contribution in [0.4, 0.5) is 0 Å². The Morgan fingerprint density at radius 1 is 1.03 bits per heavy atom. The van der Waals surface area contributed by atoms with Crippen molar-refractivity contribution in [2.75, 3.05) is 26.2 Å². The number of nitrogens with one attached hydrogen (secondary N) is 1. The van der Waals surface area contributed by atoms with Crippen LogP contribution in [-0.2, 0) is 24.3 Å². The van der Waals surface area contributed by atoms with Crippen molar-refractivity contribution in [3.05, 3.63) is 71.3 Å². The zero-order valence-corrected chi connectivity index (χ0v) is 18.6. The zero-order chi connectivity index (χ0) is 21.5. The predicted molar refractivity (Wildman–Crippen MR) is 126 cm³/mol. The Morgan fingerprint density at radius 2 is 1.81 bits per heavy atom. The molecule has 4 rings (SSSR count). The van der Waals surface area contributed by atoms with Crippen molar-refractivity contribution in [1.29, 1.82) is 0 Å². The summed E-state index contributed by atoms with van der Waals surface area (Å²) in [6.45, 7) is 7.41. The van der Waals surface area contributed by atoms with E-state index in [1.807, 2.05) is 4.90 Å². The number of nitrogens with zero attached hydrogens (tertiary/aromatic N) is 3. The third-order valence-electron chi connectivity index (χ3n) is 6.27. The molecule has 0 saturated carbocycles. The van der Waals surface area contributed by atoms with E-state index in [9.17, 15) is 4.79 Å². The fraction of sp³-hybridized carbons (Fsp3) is 0.462. The molecule has 2 aliphatic heterocycles. The van der Waals surface area contributed by atoms with Crippen molar-refractivity contribution in [3.63, 3.8) is 0 Å². The number of carbonyl (C=O) groups is 1. The molecule has 2 aromatic rings. The fourth-order valence-corrected chi connectivity index (χ4v) is 4.57. The molecule has 1 atom stereocenters. The Kier molecular flexibility index (Phi) is 7.23. The number of carbonyl (C=O) groups excluding carboxylic acids is 1. The summed E-state index contributed by atoms with van der Waals surface area (Å²) in [6, 6.07) is 19.3. The van der Waals surface area contributed by atoms with Crippen LogP contribution in [0.15, 0.2) is 59.6 Å². The molecule has 2 aliphatic rings. The Hall–Kier alpha value is -2.82. The molecule has 1 N–H and O–H groups in total. The van der Waals surface area contributed by atoms with Crippen molar-refractivity contribution in [3.8, 4) is 0 Å². The SMILES string of the molecule is CCNC(=NCc1ccc(CN2CCCC2=O)cc1)N1CCC(Cc2ccccc2)C1. The highest BCUT2D eigenvalue weighted by atomic mass is 16.2. The van der Waals surface area contributed by atoms with Gasteiger partial charge in [0.15, 0.2) is 5.96 Å². The van der Waals surface area contributed by atoms with Crippen molar-refractivity contribution < 1.29 is 4.79 Å². The van der Waals surface area contributed by atoms with Gasteiger partial charge in [-0.3, -0.25) is 4.79 Å². The molecule has 31 heavy (non-hydrogen) atoms. The van der Waals surface area contributed by atoms with Gasteiger partial charge in [0.25, 0.3) is 0 Å². The van der Waals surface area contributed by atoms with Crippen LogP contribution >= 0.6 is 0 Å². The van der Waals surface area contributed by atoms with E-state index in [1.54, 1.807) is 0 Å². The normalized spacial score (nSPS) is 19.3. The first-order valence-corrected chi connectivity index (χ1v) is 11.6. The molecule has 0 radical (unpaired) electrons. The summed E-state index contributed by atoms with van der Waals surface area (Å²) in [4.78, 5) is 21.1. The number of aliphatic imine (C=N–C) groups is 1. The van der Waals surface area contributed by atoms with Gasteiger partial charge in [0.05, 0.1) is 6.54 Å². The number of hydrogen-bond acceptors (Lipinski definition) is 2. The number of hydrogen-bond donors (Lipinski definition) is 1. The van der Waals surface area contributed by atoms with Crippen molar-refractivity contribution in [1.82, 2.24) is 15.1 Å². The lowest BCUT2D eigenvalue weighted by molar-refractivity contribution is -0.128. The summed E-state index contributed by atoms with van der Waals surface area (Å²) in [5.41, 5.74) is 3.82. The van der Waals surface area contributed by atoms with Gasteiger partial charge in [-0.1, -0.05) is 54.6 Å². The molecule has 5 nitrogen and oxygen atoms in total. The van der Waals surface area contributed by atoms with Crippen LogP contribution < -0.4 is 5.32 Å². The van der Waals surface area contributed by atoms with E-state index in [0.29, 0.717) is 18.9 Å². The molecule has 0 bridgehead atoms. The van der Waals surface area contributed by atoms with Crippen LogP contribution in [0, 0.1) is 5.92 Å². The van der Waals surface area contributed by atoms with Crippen molar-refractivity contribution in [2.45, 2.75) is 45.7 Å². The summed E-state index contributed by atoms with van der Waals surface area (Å²) in [5.74, 6) is 1.98. The summed E-state index contributed by atoms with van der Waals surface area (Å²) >= 11 is 0. The quantitative estimate of drug-likeness (QED) is 0.549. The van der Waals surface area contributed by atoms with Gasteiger partial charge in [-0.25, -0.2) is 4.99 Å². The molecular weight excluding hydrogens is 384 g/mol. The summed E-state index contributed by atoms with van der Waals surface area (Å²) in [7, 11) is 0. The number of amides is 1. The van der Waals surface area contributed by atoms with Gasteiger partial charge in [-0.15, -0.1) is 0 Å². The average molecular weight is 419 g/mol. The topological polar surface area (TPSA) is 47.9 Å². The Bertz CT molecular complexity index is 878. The minimum atomic E-state index is 0.278. The van der Waals surface area contributed by atoms with Crippen molar-refractivity contribution >= 4 is 11.9 Å². The monoisotopic (exact) mass is 418 g/mol. The van der Waals surface area contributed by atoms with Gasteiger partial charge in [-0.2, -0.15) is 0 Å². The number of benzene rings is 2. The smallest absolute Gasteiger partial charge is 0.222 e. The maximum absolute atomic E-state index is 11.8. The maximum Gasteiger partial charge on any atom is 0.222 e. The standard InChI is InChI=1S/C26H34N4O/c1-2-27-26(30-16-14-24(20-30)17-21-7-4-3-5-8-21)28-18-22-10-12-23(13-11-22)19-29-15-6-9-25(29)31/h3-5,7-8,10-13,24H,2,6,9,14-20H2,1H3,(H,27,28). The molecule has 0 aliphatic carbocycles. The lowest BCUT2D eigenvalue weighted by Crippen LogP contribution is -2.40. The van der Waals surface area contributed by atoms with Gasteiger partial charge < -0.3 is 15.1 Å². The first kappa shape index (κ1) is 21.4. The summed E-state index contributed by atoms with van der Waals surface area (Å²) in [6.07, 6.45) is 4.03. The van der Waals surface area contributed by atoms with Gasteiger partial charge in [0.1, 0.15) is 0 Å². The highest BCUT2D eigenvalue weighted by Crippen LogP contribution is 2.21. The first-order chi connectivity index (χ1) is 15.2. The highest BCUT2D eigenvalue weighted by Gasteiger charge is 2.25. The largest absolute Gasteiger partial charge is 0.357 e. The lowest BCUT2D eigenvalue weighted by Gasteiger charge is -2.22. The van der Waals surface area contributed by atoms with E-state index in [1.165, 1.54) is 23.1 Å². The number of guanidine groups is 1. The minimum Gasteiger partial charge on any atom is -0.357 e. The first-order valence-electron chi connectivity index (χ1n) is 11.6. The molecule has 2 heterocycles.